The lowest BCUT2D eigenvalue weighted by molar-refractivity contribution is -0.121. The van der Waals surface area contributed by atoms with Gasteiger partial charge in [-0.05, 0) is 49.2 Å². The molecule has 1 aliphatic rings. The summed E-state index contributed by atoms with van der Waals surface area (Å²) >= 11 is 0. The first kappa shape index (κ1) is 17.8. The lowest BCUT2D eigenvalue weighted by Gasteiger charge is -2.15. The molecule has 8 heteroatoms. The van der Waals surface area contributed by atoms with Crippen molar-refractivity contribution >= 4 is 33.1 Å². The first-order valence-electron chi connectivity index (χ1n) is 7.64. The molecule has 0 saturated heterocycles. The molecule has 26 heavy (non-hydrogen) atoms. The number of carbonyl (C=O) groups excluding carboxylic acids is 2. The lowest BCUT2D eigenvalue weighted by atomic mass is 9.98. The van der Waals surface area contributed by atoms with Crippen LogP contribution >= 0.6 is 0 Å². The third-order valence-electron chi connectivity index (χ3n) is 4.13. The minimum atomic E-state index is -3.89. The van der Waals surface area contributed by atoms with Crippen molar-refractivity contribution in [2.45, 2.75) is 18.7 Å². The molecule has 2 aromatic carbocycles. The Morgan fingerprint density at radius 3 is 2.12 bits per heavy atom. The second-order valence-electron chi connectivity index (χ2n) is 6.03. The van der Waals surface area contributed by atoms with Gasteiger partial charge in [0.1, 0.15) is 0 Å². The average molecular weight is 372 g/mol. The second-order valence-corrected chi connectivity index (χ2v) is 7.59. The van der Waals surface area contributed by atoms with Gasteiger partial charge in [0.15, 0.2) is 5.76 Å². The average Bonchev–Trinajstić information content (AvgIpc) is 2.77. The van der Waals surface area contributed by atoms with Crippen LogP contribution in [0.2, 0.25) is 0 Å². The van der Waals surface area contributed by atoms with E-state index in [-0.39, 0.29) is 16.2 Å². The number of sulfonamides is 1. The van der Waals surface area contributed by atoms with Gasteiger partial charge in [0, 0.05) is 0 Å². The molecule has 0 spiro atoms. The normalized spacial score (nSPS) is 15.1. The Hall–Kier alpha value is -2.97. The summed E-state index contributed by atoms with van der Waals surface area (Å²) in [5.41, 5.74) is 2.26. The Morgan fingerprint density at radius 2 is 1.58 bits per heavy atom. The van der Waals surface area contributed by atoms with Crippen molar-refractivity contribution in [3.05, 3.63) is 64.9 Å². The van der Waals surface area contributed by atoms with Crippen molar-refractivity contribution in [1.82, 2.24) is 0 Å². The van der Waals surface area contributed by atoms with Crippen molar-refractivity contribution in [1.29, 1.82) is 0 Å². The molecule has 7 nitrogen and oxygen atoms in total. The maximum Gasteiger partial charge on any atom is 0.301 e. The van der Waals surface area contributed by atoms with Crippen molar-refractivity contribution < 1.29 is 23.1 Å². The molecule has 0 radical (unpaired) electrons. The van der Waals surface area contributed by atoms with E-state index in [9.17, 15) is 23.1 Å². The summed E-state index contributed by atoms with van der Waals surface area (Å²) in [6.07, 6.45) is 0. The number of nitrogens with two attached hydrogens (primary N) is 1. The number of amides is 2. The van der Waals surface area contributed by atoms with Crippen molar-refractivity contribution in [3.8, 4) is 0 Å². The molecular weight excluding hydrogens is 356 g/mol. The van der Waals surface area contributed by atoms with Crippen LogP contribution in [0.1, 0.15) is 16.7 Å². The molecule has 0 atom stereocenters. The fraction of sp³-hybridized carbons (Fsp3) is 0.111. The van der Waals surface area contributed by atoms with Crippen LogP contribution in [-0.4, -0.2) is 25.3 Å². The standard InChI is InChI=1S/C18H16N2O5S/c1-10-3-8-14(11(2)9-10)15-16(21)18(23)20(17(15)22)12-4-6-13(7-5-12)26(19,24)25/h3-9,21H,1-2H3,(H2,19,24,25). The predicted octanol–water partition coefficient (Wildman–Crippen LogP) is 1.79. The predicted molar refractivity (Wildman–Crippen MR) is 95.8 cm³/mol. The highest BCUT2D eigenvalue weighted by molar-refractivity contribution is 7.89. The van der Waals surface area contributed by atoms with Gasteiger partial charge in [0.2, 0.25) is 10.0 Å². The minimum absolute atomic E-state index is 0.0805. The van der Waals surface area contributed by atoms with Gasteiger partial charge in [0.05, 0.1) is 16.2 Å². The number of aliphatic hydroxyl groups excluding tert-OH is 1. The summed E-state index contributed by atoms with van der Waals surface area (Å²) in [7, 11) is -3.89. The Bertz CT molecular complexity index is 1070. The van der Waals surface area contributed by atoms with Crippen LogP contribution in [0.3, 0.4) is 0 Å². The highest BCUT2D eigenvalue weighted by Gasteiger charge is 2.40. The lowest BCUT2D eigenvalue weighted by Crippen LogP contribution is -2.31. The number of nitrogens with zero attached hydrogens (tertiary/aromatic N) is 1. The number of rotatable bonds is 3. The van der Waals surface area contributed by atoms with Crippen LogP contribution in [0, 0.1) is 13.8 Å². The quantitative estimate of drug-likeness (QED) is 0.797. The van der Waals surface area contributed by atoms with Crippen LogP contribution in [0.4, 0.5) is 5.69 Å². The Kier molecular flexibility index (Phi) is 4.17. The zero-order valence-corrected chi connectivity index (χ0v) is 14.9. The van der Waals surface area contributed by atoms with Crippen LogP contribution in [0.5, 0.6) is 0 Å². The van der Waals surface area contributed by atoms with E-state index >= 15 is 0 Å². The summed E-state index contributed by atoms with van der Waals surface area (Å²) in [4.78, 5) is 25.9. The zero-order valence-electron chi connectivity index (χ0n) is 14.1. The molecule has 1 aliphatic heterocycles. The Morgan fingerprint density at radius 1 is 0.962 bits per heavy atom. The molecular formula is C18H16N2O5S. The second kappa shape index (κ2) is 6.08. The van der Waals surface area contributed by atoms with Gasteiger partial charge in [-0.3, -0.25) is 9.59 Å². The summed E-state index contributed by atoms with van der Waals surface area (Å²) in [6.45, 7) is 3.68. The molecule has 0 saturated carbocycles. The number of aryl methyl sites for hydroxylation is 2. The smallest absolute Gasteiger partial charge is 0.301 e. The number of hydrogen-bond acceptors (Lipinski definition) is 5. The Labute approximate surface area is 150 Å². The third kappa shape index (κ3) is 2.89. The van der Waals surface area contributed by atoms with E-state index < -0.39 is 27.6 Å². The highest BCUT2D eigenvalue weighted by atomic mass is 32.2. The zero-order chi connectivity index (χ0) is 19.2. The molecule has 0 aliphatic carbocycles. The van der Waals surface area contributed by atoms with E-state index in [1.807, 2.05) is 13.0 Å². The molecule has 1 heterocycles. The van der Waals surface area contributed by atoms with Gasteiger partial charge in [-0.2, -0.15) is 0 Å². The molecule has 0 fully saturated rings. The summed E-state index contributed by atoms with van der Waals surface area (Å²) in [5, 5.41) is 15.3. The third-order valence-corrected chi connectivity index (χ3v) is 5.06. The topological polar surface area (TPSA) is 118 Å². The number of anilines is 1. The monoisotopic (exact) mass is 372 g/mol. The Balaban J connectivity index is 2.03. The van der Waals surface area contributed by atoms with Gasteiger partial charge in [0.25, 0.3) is 5.91 Å². The number of benzene rings is 2. The first-order valence-corrected chi connectivity index (χ1v) is 9.18. The number of aliphatic hydroxyl groups is 1. The van der Waals surface area contributed by atoms with E-state index in [0.717, 1.165) is 16.0 Å². The van der Waals surface area contributed by atoms with Gasteiger partial charge < -0.3 is 5.11 Å². The molecule has 3 N–H and O–H groups in total. The van der Waals surface area contributed by atoms with Gasteiger partial charge in [-0.1, -0.05) is 23.8 Å². The van der Waals surface area contributed by atoms with Crippen molar-refractivity contribution in [2.75, 3.05) is 4.90 Å². The maximum atomic E-state index is 12.8. The van der Waals surface area contributed by atoms with E-state index in [4.69, 9.17) is 5.14 Å². The van der Waals surface area contributed by atoms with E-state index in [1.54, 1.807) is 19.1 Å². The minimum Gasteiger partial charge on any atom is -0.502 e. The number of primary sulfonamides is 1. The highest BCUT2D eigenvalue weighted by Crippen LogP contribution is 2.33. The van der Waals surface area contributed by atoms with Crippen LogP contribution < -0.4 is 10.0 Å². The molecule has 0 aromatic heterocycles. The summed E-state index contributed by atoms with van der Waals surface area (Å²) in [6, 6.07) is 10.3. The largest absolute Gasteiger partial charge is 0.502 e. The molecule has 0 bridgehead atoms. The van der Waals surface area contributed by atoms with Gasteiger partial charge in [-0.25, -0.2) is 18.5 Å². The number of hydrogen-bond donors (Lipinski definition) is 2. The summed E-state index contributed by atoms with van der Waals surface area (Å²) < 4.78 is 22.7. The maximum absolute atomic E-state index is 12.8. The van der Waals surface area contributed by atoms with E-state index in [2.05, 4.69) is 0 Å². The van der Waals surface area contributed by atoms with Crippen LogP contribution in [0.25, 0.3) is 5.57 Å². The van der Waals surface area contributed by atoms with Gasteiger partial charge in [-0.15, -0.1) is 0 Å². The van der Waals surface area contributed by atoms with Gasteiger partial charge >= 0.3 is 5.91 Å². The van der Waals surface area contributed by atoms with E-state index in [0.29, 0.717) is 5.56 Å². The van der Waals surface area contributed by atoms with Crippen LogP contribution in [-0.2, 0) is 19.6 Å². The molecule has 3 rings (SSSR count). The fourth-order valence-corrected chi connectivity index (χ4v) is 3.39. The number of imide groups is 1. The first-order chi connectivity index (χ1) is 12.1. The number of carbonyl (C=O) groups is 2. The molecule has 2 amide bonds. The fourth-order valence-electron chi connectivity index (χ4n) is 2.87. The SMILES string of the molecule is Cc1ccc(C2=C(O)C(=O)N(c3ccc(S(N)(=O)=O)cc3)C2=O)c(C)c1. The molecule has 0 unspecified atom stereocenters. The van der Waals surface area contributed by atoms with Crippen molar-refractivity contribution in [3.63, 3.8) is 0 Å². The van der Waals surface area contributed by atoms with Crippen LogP contribution in [0.15, 0.2) is 53.1 Å². The molecule has 2 aromatic rings. The van der Waals surface area contributed by atoms with Crippen molar-refractivity contribution in [2.24, 2.45) is 5.14 Å². The van der Waals surface area contributed by atoms with E-state index in [1.165, 1.54) is 24.3 Å². The molecule has 134 valence electrons. The summed E-state index contributed by atoms with van der Waals surface area (Å²) in [5.74, 6) is -2.19.